The topological polar surface area (TPSA) is 142 Å². The van der Waals surface area contributed by atoms with Gasteiger partial charge in [-0.15, -0.1) is 0 Å². The number of nitrogens with one attached hydrogen (secondary N) is 5. The number of alkyl halides is 3. The van der Waals surface area contributed by atoms with Gasteiger partial charge in [0.2, 0.25) is 17.8 Å². The van der Waals surface area contributed by atoms with Crippen molar-refractivity contribution in [2.75, 3.05) is 23.8 Å². The molecule has 3 heterocycles. The van der Waals surface area contributed by atoms with Crippen molar-refractivity contribution in [1.82, 2.24) is 30.9 Å². The summed E-state index contributed by atoms with van der Waals surface area (Å²) in [5, 5.41) is 14.5. The Balaban J connectivity index is 1.50. The fourth-order valence-electron chi connectivity index (χ4n) is 4.24. The Hall–Kier alpha value is -4.62. The lowest BCUT2D eigenvalue weighted by atomic mass is 10.1. The lowest BCUT2D eigenvalue weighted by Gasteiger charge is -2.13. The lowest BCUT2D eigenvalue weighted by Crippen LogP contribution is -2.35. The molecular weight excluding hydrogens is 565 g/mol. The van der Waals surface area contributed by atoms with E-state index in [4.69, 9.17) is 4.74 Å². The van der Waals surface area contributed by atoms with Gasteiger partial charge in [0.15, 0.2) is 6.61 Å². The molecule has 0 unspecified atom stereocenters. The van der Waals surface area contributed by atoms with E-state index in [1.807, 2.05) is 24.3 Å². The van der Waals surface area contributed by atoms with Crippen LogP contribution in [0, 0.1) is 0 Å². The van der Waals surface area contributed by atoms with E-state index in [1.54, 1.807) is 24.3 Å². The maximum atomic E-state index is 12.8. The molecule has 5 rings (SSSR count). The highest BCUT2D eigenvalue weighted by atomic mass is 19.4. The van der Waals surface area contributed by atoms with Gasteiger partial charge in [-0.05, 0) is 41.7 Å². The smallest absolute Gasteiger partial charge is 0.422 e. The molecule has 0 radical (unpaired) electrons. The Labute approximate surface area is 247 Å². The molecule has 0 aliphatic carbocycles. The van der Waals surface area contributed by atoms with E-state index >= 15 is 0 Å². The van der Waals surface area contributed by atoms with E-state index in [0.717, 1.165) is 48.8 Å². The van der Waals surface area contributed by atoms with E-state index in [9.17, 15) is 22.8 Å². The summed E-state index contributed by atoms with van der Waals surface area (Å²) < 4.78 is 43.2. The van der Waals surface area contributed by atoms with Gasteiger partial charge >= 0.3 is 18.2 Å². The molecule has 0 spiro atoms. The molecule has 5 N–H and O–H groups in total. The summed E-state index contributed by atoms with van der Waals surface area (Å²) in [5.41, 5.74) is 3.17. The van der Waals surface area contributed by atoms with Crippen molar-refractivity contribution in [2.24, 2.45) is 0 Å². The van der Waals surface area contributed by atoms with Crippen molar-refractivity contribution in [3.05, 3.63) is 65.2 Å². The largest absolute Gasteiger partial charge is 0.454 e. The van der Waals surface area contributed by atoms with Gasteiger partial charge in [-0.3, -0.25) is 4.79 Å². The van der Waals surface area contributed by atoms with Gasteiger partial charge in [-0.1, -0.05) is 55.7 Å². The molecule has 1 aromatic heterocycles. The zero-order valence-electron chi connectivity index (χ0n) is 23.6. The quantitative estimate of drug-likeness (QED) is 0.279. The normalized spacial score (nSPS) is 16.0. The predicted molar refractivity (Wildman–Crippen MR) is 155 cm³/mol. The summed E-state index contributed by atoms with van der Waals surface area (Å²) in [5.74, 6) is -0.0316. The molecule has 3 aromatic rings. The Morgan fingerprint density at radius 1 is 0.721 bits per heavy atom. The molecule has 2 aliphatic heterocycles. The summed E-state index contributed by atoms with van der Waals surface area (Å²) in [6.45, 7) is -0.0526. The number of nitrogens with zero attached hydrogens (tertiary/aromatic N) is 3. The molecule has 230 valence electrons. The van der Waals surface area contributed by atoms with Crippen LogP contribution in [0.3, 0.4) is 0 Å². The molecule has 11 nitrogen and oxygen atoms in total. The van der Waals surface area contributed by atoms with Crippen LogP contribution < -0.4 is 31.3 Å². The van der Waals surface area contributed by atoms with Crippen molar-refractivity contribution < 1.29 is 27.5 Å². The number of carbonyl (C=O) groups is 2. The summed E-state index contributed by atoms with van der Waals surface area (Å²) in [4.78, 5) is 36.7. The highest BCUT2D eigenvalue weighted by Gasteiger charge is 2.29. The number of hydrogen-bond acceptors (Lipinski definition) is 8. The molecular formula is C29H35F3N8O3. The van der Waals surface area contributed by atoms with Gasteiger partial charge in [0.1, 0.15) is 0 Å². The Bertz CT molecular complexity index is 1360. The number of halogens is 3. The first kappa shape index (κ1) is 31.3. The van der Waals surface area contributed by atoms with Crippen LogP contribution in [0.25, 0.3) is 0 Å². The number of amides is 3. The van der Waals surface area contributed by atoms with Crippen LogP contribution in [0.2, 0.25) is 0 Å². The number of carbonyl (C=O) groups excluding carboxylic acids is 2. The second-order valence-electron chi connectivity index (χ2n) is 10.1. The third-order valence-electron chi connectivity index (χ3n) is 6.44. The number of ether oxygens (including phenoxy) is 1. The third kappa shape index (κ3) is 11.6. The van der Waals surface area contributed by atoms with Crippen LogP contribution in [-0.4, -0.2) is 46.2 Å². The maximum Gasteiger partial charge on any atom is 0.422 e. The average Bonchev–Trinajstić information content (AvgIpc) is 2.98. The molecule has 0 saturated carbocycles. The Morgan fingerprint density at radius 2 is 1.40 bits per heavy atom. The van der Waals surface area contributed by atoms with E-state index in [0.29, 0.717) is 31.7 Å². The van der Waals surface area contributed by atoms with Crippen LogP contribution in [0.1, 0.15) is 55.2 Å². The van der Waals surface area contributed by atoms with Crippen LogP contribution in [0.4, 0.5) is 35.5 Å². The summed E-state index contributed by atoms with van der Waals surface area (Å²) in [6.07, 6.45) is 0.413. The standard InChI is InChI=1S/C29H35F3N8O3/c30-29(31,32)19-43-28-39-25-35-18-22-8-6-7-21(15-22)17-34-24(41)9-4-2-1-3-5-14-33-27(42)36-16-20-10-12-23(13-11-20)37-26(38-25)40-28/h6-8,10-13,15H,1-5,9,14,16-19H2,(H,34,41)(H2,33,36,42)(H2,35,37,38,39,40). The molecule has 6 bridgehead atoms. The minimum atomic E-state index is -4.57. The minimum absolute atomic E-state index is 0.0116. The third-order valence-corrected chi connectivity index (χ3v) is 6.44. The molecule has 3 amide bonds. The van der Waals surface area contributed by atoms with E-state index in [2.05, 4.69) is 41.5 Å². The van der Waals surface area contributed by atoms with Crippen molar-refractivity contribution in [3.63, 3.8) is 0 Å². The SMILES string of the molecule is O=C1CCCCCCCNC(=O)NCc2ccc(cc2)Nc2nc(nc(OCC(F)(F)F)n2)NCc2cccc(c2)CN1. The van der Waals surface area contributed by atoms with Crippen molar-refractivity contribution in [2.45, 2.75) is 64.3 Å². The zero-order chi connectivity index (χ0) is 30.5. The molecule has 43 heavy (non-hydrogen) atoms. The Morgan fingerprint density at radius 3 is 2.16 bits per heavy atom. The summed E-state index contributed by atoms with van der Waals surface area (Å²) in [7, 11) is 0. The number of aromatic nitrogens is 3. The van der Waals surface area contributed by atoms with Crippen LogP contribution in [0.15, 0.2) is 48.5 Å². The van der Waals surface area contributed by atoms with Gasteiger partial charge in [-0.2, -0.15) is 28.1 Å². The molecule has 0 atom stereocenters. The van der Waals surface area contributed by atoms with Gasteiger partial charge in [-0.25, -0.2) is 4.79 Å². The molecule has 0 fully saturated rings. The number of urea groups is 1. The first-order valence-electron chi connectivity index (χ1n) is 14.1. The lowest BCUT2D eigenvalue weighted by molar-refractivity contribution is -0.154. The Kier molecular flexibility index (Phi) is 11.3. The van der Waals surface area contributed by atoms with Gasteiger partial charge in [0.25, 0.3) is 0 Å². The van der Waals surface area contributed by atoms with Crippen LogP contribution in [0.5, 0.6) is 6.01 Å². The molecule has 2 aliphatic rings. The number of anilines is 3. The van der Waals surface area contributed by atoms with Crippen LogP contribution >= 0.6 is 0 Å². The number of rotatable bonds is 2. The van der Waals surface area contributed by atoms with Crippen molar-refractivity contribution in [3.8, 4) is 6.01 Å². The average molecular weight is 601 g/mol. The second-order valence-corrected chi connectivity index (χ2v) is 10.1. The monoisotopic (exact) mass is 600 g/mol. The number of hydrogen-bond donors (Lipinski definition) is 5. The fourth-order valence-corrected chi connectivity index (χ4v) is 4.24. The highest BCUT2D eigenvalue weighted by molar-refractivity contribution is 5.75. The number of benzene rings is 2. The van der Waals surface area contributed by atoms with Crippen molar-refractivity contribution in [1.29, 1.82) is 0 Å². The minimum Gasteiger partial charge on any atom is -0.454 e. The summed E-state index contributed by atoms with van der Waals surface area (Å²) in [6, 6.07) is 13.8. The van der Waals surface area contributed by atoms with Gasteiger partial charge in [0.05, 0.1) is 0 Å². The van der Waals surface area contributed by atoms with Crippen molar-refractivity contribution >= 4 is 29.5 Å². The number of fused-ring (bicyclic) bond motifs is 16. The fraction of sp³-hybridized carbons (Fsp3) is 0.414. The molecule has 0 saturated heterocycles. The first-order valence-corrected chi connectivity index (χ1v) is 14.1. The van der Waals surface area contributed by atoms with Crippen LogP contribution in [-0.2, 0) is 24.4 Å². The van der Waals surface area contributed by atoms with E-state index in [1.165, 1.54) is 0 Å². The molecule has 2 aromatic carbocycles. The van der Waals surface area contributed by atoms with E-state index in [-0.39, 0.29) is 30.4 Å². The van der Waals surface area contributed by atoms with Gasteiger partial charge < -0.3 is 31.3 Å². The van der Waals surface area contributed by atoms with E-state index < -0.39 is 18.8 Å². The highest BCUT2D eigenvalue weighted by Crippen LogP contribution is 2.21. The van der Waals surface area contributed by atoms with Gasteiger partial charge in [0, 0.05) is 38.3 Å². The first-order chi connectivity index (χ1) is 20.7. The maximum absolute atomic E-state index is 12.8. The molecule has 14 heteroatoms. The second kappa shape index (κ2) is 15.6. The summed E-state index contributed by atoms with van der Waals surface area (Å²) >= 11 is 0. The predicted octanol–water partition coefficient (Wildman–Crippen LogP) is 4.94. The zero-order valence-corrected chi connectivity index (χ0v) is 23.6.